The monoisotopic (exact) mass is 125 g/mol. The van der Waals surface area contributed by atoms with Crippen molar-refractivity contribution in [1.29, 1.82) is 0 Å². The number of nitrogens with two attached hydrogens (primary N) is 1. The van der Waals surface area contributed by atoms with Crippen LogP contribution in [0.15, 0.2) is 22.8 Å². The molecule has 1 rings (SSSR count). The van der Waals surface area contributed by atoms with E-state index in [2.05, 4.69) is 0 Å². The third-order valence-corrected chi connectivity index (χ3v) is 1.16. The maximum atomic E-state index is 5.71. The average molecular weight is 125 g/mol. The van der Waals surface area contributed by atoms with Gasteiger partial charge in [0.05, 0.1) is 11.8 Å². The highest BCUT2D eigenvalue weighted by Gasteiger charge is 2.15. The Labute approximate surface area is 54.7 Å². The van der Waals surface area contributed by atoms with E-state index in [0.29, 0.717) is 0 Å². The molecule has 0 unspecified atom stereocenters. The molecule has 1 heterocycles. The Kier molecular flexibility index (Phi) is 1.33. The van der Waals surface area contributed by atoms with E-state index < -0.39 is 0 Å². The van der Waals surface area contributed by atoms with Gasteiger partial charge in [0.1, 0.15) is 5.76 Å². The van der Waals surface area contributed by atoms with Crippen molar-refractivity contribution < 1.29 is 4.42 Å². The molecule has 0 saturated carbocycles. The lowest BCUT2D eigenvalue weighted by atomic mass is 10.0. The van der Waals surface area contributed by atoms with Gasteiger partial charge in [-0.1, -0.05) is 0 Å². The normalized spacial score (nSPS) is 11.9. The summed E-state index contributed by atoms with van der Waals surface area (Å²) in [6.45, 7) is 3.82. The van der Waals surface area contributed by atoms with Gasteiger partial charge in [-0.15, -0.1) is 0 Å². The van der Waals surface area contributed by atoms with Gasteiger partial charge in [0.15, 0.2) is 0 Å². The van der Waals surface area contributed by atoms with Crippen LogP contribution in [0.3, 0.4) is 0 Å². The fraction of sp³-hybridized carbons (Fsp3) is 0.429. The molecule has 2 nitrogen and oxygen atoms in total. The van der Waals surface area contributed by atoms with Crippen molar-refractivity contribution in [2.75, 3.05) is 0 Å². The summed E-state index contributed by atoms with van der Waals surface area (Å²) in [6, 6.07) is 3.71. The molecule has 0 spiro atoms. The first-order chi connectivity index (χ1) is 4.11. The Morgan fingerprint density at radius 2 is 2.22 bits per heavy atom. The smallest absolute Gasteiger partial charge is 0.123 e. The zero-order chi connectivity index (χ0) is 6.91. The van der Waals surface area contributed by atoms with E-state index in [9.17, 15) is 0 Å². The maximum absolute atomic E-state index is 5.71. The molecule has 0 fully saturated rings. The van der Waals surface area contributed by atoms with Gasteiger partial charge in [-0.25, -0.2) is 0 Å². The van der Waals surface area contributed by atoms with Crippen molar-refractivity contribution in [3.8, 4) is 0 Å². The summed E-state index contributed by atoms with van der Waals surface area (Å²) in [7, 11) is 0. The van der Waals surface area contributed by atoms with E-state index in [4.69, 9.17) is 10.2 Å². The molecular weight excluding hydrogens is 114 g/mol. The third-order valence-electron chi connectivity index (χ3n) is 1.16. The van der Waals surface area contributed by atoms with Gasteiger partial charge in [-0.2, -0.15) is 0 Å². The first-order valence-corrected chi connectivity index (χ1v) is 2.93. The van der Waals surface area contributed by atoms with E-state index in [-0.39, 0.29) is 5.54 Å². The minimum Gasteiger partial charge on any atom is -0.467 e. The molecule has 2 N–H and O–H groups in total. The zero-order valence-corrected chi connectivity index (χ0v) is 5.72. The molecule has 0 atom stereocenters. The minimum absolute atomic E-state index is 0.344. The molecule has 50 valence electrons. The van der Waals surface area contributed by atoms with Crippen LogP contribution in [0, 0.1) is 0 Å². The molecule has 1 aromatic rings. The van der Waals surface area contributed by atoms with Gasteiger partial charge < -0.3 is 10.2 Å². The fourth-order valence-electron chi connectivity index (χ4n) is 0.645. The zero-order valence-electron chi connectivity index (χ0n) is 5.72. The van der Waals surface area contributed by atoms with Gasteiger partial charge >= 0.3 is 0 Å². The van der Waals surface area contributed by atoms with E-state index in [1.807, 2.05) is 26.0 Å². The second kappa shape index (κ2) is 1.88. The standard InChI is InChI=1S/C7H11NO/c1-7(2,8)6-4-3-5-9-6/h3-5H,8H2,1-2H3. The first-order valence-electron chi connectivity index (χ1n) is 2.93. The molecule has 1 aromatic heterocycles. The molecule has 9 heavy (non-hydrogen) atoms. The number of furan rings is 1. The second-order valence-corrected chi connectivity index (χ2v) is 2.70. The van der Waals surface area contributed by atoms with Crippen LogP contribution in [0.2, 0.25) is 0 Å². The third kappa shape index (κ3) is 1.33. The van der Waals surface area contributed by atoms with E-state index in [1.165, 1.54) is 0 Å². The lowest BCUT2D eigenvalue weighted by molar-refractivity contribution is 0.394. The number of hydrogen-bond donors (Lipinski definition) is 1. The fourth-order valence-corrected chi connectivity index (χ4v) is 0.645. The molecule has 2 heteroatoms. The molecular formula is C7H11NO. The first kappa shape index (κ1) is 6.36. The van der Waals surface area contributed by atoms with Gasteiger partial charge in [0, 0.05) is 0 Å². The van der Waals surface area contributed by atoms with Crippen LogP contribution in [0.1, 0.15) is 19.6 Å². The predicted octanol–water partition coefficient (Wildman–Crippen LogP) is 1.47. The Morgan fingerprint density at radius 3 is 2.44 bits per heavy atom. The highest BCUT2D eigenvalue weighted by Crippen LogP contribution is 2.15. The number of hydrogen-bond acceptors (Lipinski definition) is 2. The van der Waals surface area contributed by atoms with Crippen LogP contribution >= 0.6 is 0 Å². The van der Waals surface area contributed by atoms with Crippen LogP contribution in [-0.4, -0.2) is 0 Å². The number of rotatable bonds is 1. The Hall–Kier alpha value is -0.760. The quantitative estimate of drug-likeness (QED) is 0.617. The van der Waals surface area contributed by atoms with E-state index in [1.54, 1.807) is 6.26 Å². The Balaban J connectivity index is 2.90. The SMILES string of the molecule is CC(C)(N)c1ccco1. The lowest BCUT2D eigenvalue weighted by Gasteiger charge is -2.13. The molecule has 0 amide bonds. The van der Waals surface area contributed by atoms with Crippen molar-refractivity contribution in [2.45, 2.75) is 19.4 Å². The highest BCUT2D eigenvalue weighted by atomic mass is 16.3. The van der Waals surface area contributed by atoms with Crippen LogP contribution in [-0.2, 0) is 5.54 Å². The Bertz CT molecular complexity index is 171. The molecule has 0 aliphatic carbocycles. The van der Waals surface area contributed by atoms with E-state index in [0.717, 1.165) is 5.76 Å². The summed E-state index contributed by atoms with van der Waals surface area (Å²) in [6.07, 6.45) is 1.63. The lowest BCUT2D eigenvalue weighted by Crippen LogP contribution is -2.27. The summed E-state index contributed by atoms with van der Waals surface area (Å²) in [5.74, 6) is 0.822. The predicted molar refractivity (Wildman–Crippen MR) is 35.9 cm³/mol. The molecule has 0 aliphatic rings. The van der Waals surface area contributed by atoms with Crippen LogP contribution < -0.4 is 5.73 Å². The molecule has 0 aromatic carbocycles. The second-order valence-electron chi connectivity index (χ2n) is 2.70. The molecule has 0 saturated heterocycles. The van der Waals surface area contributed by atoms with Crippen molar-refractivity contribution in [3.63, 3.8) is 0 Å². The molecule has 0 radical (unpaired) electrons. The minimum atomic E-state index is -0.344. The summed E-state index contributed by atoms with van der Waals surface area (Å²) < 4.78 is 5.07. The summed E-state index contributed by atoms with van der Waals surface area (Å²) in [4.78, 5) is 0. The molecule has 0 aliphatic heterocycles. The highest BCUT2D eigenvalue weighted by molar-refractivity contribution is 5.07. The Morgan fingerprint density at radius 1 is 1.56 bits per heavy atom. The van der Waals surface area contributed by atoms with Crippen molar-refractivity contribution >= 4 is 0 Å². The summed E-state index contributed by atoms with van der Waals surface area (Å²) >= 11 is 0. The van der Waals surface area contributed by atoms with Gasteiger partial charge in [-0.3, -0.25) is 0 Å². The van der Waals surface area contributed by atoms with Gasteiger partial charge in [0.2, 0.25) is 0 Å². The van der Waals surface area contributed by atoms with Crippen LogP contribution in [0.25, 0.3) is 0 Å². The molecule has 0 bridgehead atoms. The van der Waals surface area contributed by atoms with Crippen molar-refractivity contribution in [3.05, 3.63) is 24.2 Å². The maximum Gasteiger partial charge on any atom is 0.123 e. The van der Waals surface area contributed by atoms with Crippen molar-refractivity contribution in [1.82, 2.24) is 0 Å². The summed E-state index contributed by atoms with van der Waals surface area (Å²) in [5.41, 5.74) is 5.36. The van der Waals surface area contributed by atoms with Crippen LogP contribution in [0.4, 0.5) is 0 Å². The van der Waals surface area contributed by atoms with E-state index >= 15 is 0 Å². The largest absolute Gasteiger partial charge is 0.467 e. The van der Waals surface area contributed by atoms with Crippen molar-refractivity contribution in [2.24, 2.45) is 5.73 Å². The van der Waals surface area contributed by atoms with Gasteiger partial charge in [-0.05, 0) is 26.0 Å². The van der Waals surface area contributed by atoms with Crippen LogP contribution in [0.5, 0.6) is 0 Å². The van der Waals surface area contributed by atoms with Gasteiger partial charge in [0.25, 0.3) is 0 Å². The summed E-state index contributed by atoms with van der Waals surface area (Å²) in [5, 5.41) is 0. The average Bonchev–Trinajstić information content (AvgIpc) is 2.08. The topological polar surface area (TPSA) is 39.2 Å².